The van der Waals surface area contributed by atoms with Crippen LogP contribution in [0.15, 0.2) is 12.4 Å². The predicted octanol–water partition coefficient (Wildman–Crippen LogP) is 0.290. The number of piperazine rings is 1. The molecule has 2 heterocycles. The van der Waals surface area contributed by atoms with E-state index in [1.165, 1.54) is 13.0 Å². The minimum atomic E-state index is 0.603. The number of nitrogens with one attached hydrogen (secondary N) is 1. The summed E-state index contributed by atoms with van der Waals surface area (Å²) in [7, 11) is 0. The lowest BCUT2D eigenvalue weighted by atomic mass is 10.3. The fourth-order valence-corrected chi connectivity index (χ4v) is 2.23. The topological polar surface area (TPSA) is 70.3 Å². The number of aromatic nitrogens is 2. The van der Waals surface area contributed by atoms with Crippen LogP contribution in [0.2, 0.25) is 0 Å². The Hall–Kier alpha value is -1.24. The number of anilines is 1. The summed E-state index contributed by atoms with van der Waals surface area (Å²) in [5.41, 5.74) is 3.48. The van der Waals surface area contributed by atoms with Crippen molar-refractivity contribution in [3.8, 4) is 0 Å². The first-order valence-electron chi connectivity index (χ1n) is 6.54. The van der Waals surface area contributed by atoms with Gasteiger partial charge in [-0.25, -0.2) is 10.8 Å². The summed E-state index contributed by atoms with van der Waals surface area (Å²) in [6, 6.07) is 0. The predicted molar refractivity (Wildman–Crippen MR) is 71.9 cm³/mol. The second-order valence-corrected chi connectivity index (χ2v) is 4.66. The van der Waals surface area contributed by atoms with E-state index in [4.69, 9.17) is 5.84 Å². The van der Waals surface area contributed by atoms with Gasteiger partial charge in [-0.05, 0) is 13.0 Å². The fraction of sp³-hybridized carbons (Fsp3) is 0.667. The largest absolute Gasteiger partial charge is 0.307 e. The Balaban J connectivity index is 1.80. The average Bonchev–Trinajstić information content (AvgIpc) is 2.42. The highest BCUT2D eigenvalue weighted by atomic mass is 15.3. The highest BCUT2D eigenvalue weighted by Gasteiger charge is 2.16. The SMILES string of the molecule is CCCN1CCN(Cc2cnc(NN)cn2)CC1. The van der Waals surface area contributed by atoms with Gasteiger partial charge in [0.15, 0.2) is 5.82 Å². The van der Waals surface area contributed by atoms with Gasteiger partial charge in [0.2, 0.25) is 0 Å². The number of nitrogen functional groups attached to an aromatic ring is 1. The van der Waals surface area contributed by atoms with Crippen molar-refractivity contribution in [2.24, 2.45) is 5.84 Å². The van der Waals surface area contributed by atoms with Gasteiger partial charge in [0.25, 0.3) is 0 Å². The zero-order valence-corrected chi connectivity index (χ0v) is 11.0. The second-order valence-electron chi connectivity index (χ2n) is 4.66. The van der Waals surface area contributed by atoms with Crippen LogP contribution in [0.25, 0.3) is 0 Å². The molecule has 1 aliphatic heterocycles. The molecule has 6 heteroatoms. The third-order valence-corrected chi connectivity index (χ3v) is 3.24. The molecule has 0 amide bonds. The molecule has 0 bridgehead atoms. The first kappa shape index (κ1) is 13.2. The van der Waals surface area contributed by atoms with Crippen LogP contribution < -0.4 is 11.3 Å². The summed E-state index contributed by atoms with van der Waals surface area (Å²) in [5, 5.41) is 0. The molecule has 3 N–H and O–H groups in total. The summed E-state index contributed by atoms with van der Waals surface area (Å²) < 4.78 is 0. The second kappa shape index (κ2) is 6.63. The van der Waals surface area contributed by atoms with E-state index in [9.17, 15) is 0 Å². The molecule has 0 aliphatic carbocycles. The van der Waals surface area contributed by atoms with Crippen LogP contribution in [0.5, 0.6) is 0 Å². The molecule has 1 aromatic rings. The van der Waals surface area contributed by atoms with Crippen molar-refractivity contribution in [1.29, 1.82) is 0 Å². The Labute approximate surface area is 108 Å². The molecule has 0 radical (unpaired) electrons. The van der Waals surface area contributed by atoms with Crippen LogP contribution in [0, 0.1) is 0 Å². The molecule has 6 nitrogen and oxygen atoms in total. The van der Waals surface area contributed by atoms with E-state index >= 15 is 0 Å². The molecule has 1 fully saturated rings. The monoisotopic (exact) mass is 250 g/mol. The van der Waals surface area contributed by atoms with Gasteiger partial charge in [0, 0.05) is 32.7 Å². The quantitative estimate of drug-likeness (QED) is 0.578. The normalized spacial score (nSPS) is 17.9. The number of nitrogens with zero attached hydrogens (tertiary/aromatic N) is 4. The number of hydrogen-bond donors (Lipinski definition) is 2. The average molecular weight is 250 g/mol. The van der Waals surface area contributed by atoms with Crippen molar-refractivity contribution in [3.63, 3.8) is 0 Å². The molecular formula is C12H22N6. The minimum absolute atomic E-state index is 0.603. The molecule has 0 atom stereocenters. The van der Waals surface area contributed by atoms with Gasteiger partial charge >= 0.3 is 0 Å². The Morgan fingerprint density at radius 1 is 1.17 bits per heavy atom. The molecule has 0 unspecified atom stereocenters. The van der Waals surface area contributed by atoms with Crippen LogP contribution in [-0.2, 0) is 6.54 Å². The lowest BCUT2D eigenvalue weighted by Crippen LogP contribution is -2.46. The number of rotatable bonds is 5. The maximum absolute atomic E-state index is 5.26. The Morgan fingerprint density at radius 3 is 2.44 bits per heavy atom. The maximum atomic E-state index is 5.26. The summed E-state index contributed by atoms with van der Waals surface area (Å²) >= 11 is 0. The fourth-order valence-electron chi connectivity index (χ4n) is 2.23. The van der Waals surface area contributed by atoms with Crippen molar-refractivity contribution < 1.29 is 0 Å². The summed E-state index contributed by atoms with van der Waals surface area (Å²) in [6.07, 6.45) is 4.69. The smallest absolute Gasteiger partial charge is 0.158 e. The molecule has 1 saturated heterocycles. The van der Waals surface area contributed by atoms with Gasteiger partial charge < -0.3 is 10.3 Å². The number of hydrazine groups is 1. The zero-order valence-electron chi connectivity index (χ0n) is 11.0. The van der Waals surface area contributed by atoms with Gasteiger partial charge in [-0.3, -0.25) is 9.88 Å². The molecule has 2 rings (SSSR count). The first-order valence-corrected chi connectivity index (χ1v) is 6.54. The molecule has 0 aromatic carbocycles. The van der Waals surface area contributed by atoms with E-state index in [0.29, 0.717) is 5.82 Å². The van der Waals surface area contributed by atoms with E-state index in [1.54, 1.807) is 12.4 Å². The number of hydrogen-bond acceptors (Lipinski definition) is 6. The van der Waals surface area contributed by atoms with Crippen molar-refractivity contribution in [3.05, 3.63) is 18.1 Å². The zero-order chi connectivity index (χ0) is 12.8. The van der Waals surface area contributed by atoms with Gasteiger partial charge in [-0.2, -0.15) is 0 Å². The molecular weight excluding hydrogens is 228 g/mol. The number of nitrogens with two attached hydrogens (primary N) is 1. The van der Waals surface area contributed by atoms with Crippen molar-refractivity contribution in [1.82, 2.24) is 19.8 Å². The third-order valence-electron chi connectivity index (χ3n) is 3.24. The van der Waals surface area contributed by atoms with Crippen molar-refractivity contribution >= 4 is 5.82 Å². The van der Waals surface area contributed by atoms with Gasteiger partial charge in [0.1, 0.15) is 0 Å². The maximum Gasteiger partial charge on any atom is 0.158 e. The highest BCUT2D eigenvalue weighted by molar-refractivity contribution is 5.28. The lowest BCUT2D eigenvalue weighted by molar-refractivity contribution is 0.126. The van der Waals surface area contributed by atoms with E-state index in [0.717, 1.165) is 38.4 Å². The molecule has 100 valence electrons. The van der Waals surface area contributed by atoms with Crippen molar-refractivity contribution in [2.45, 2.75) is 19.9 Å². The lowest BCUT2D eigenvalue weighted by Gasteiger charge is -2.34. The van der Waals surface area contributed by atoms with Crippen molar-refractivity contribution in [2.75, 3.05) is 38.1 Å². The molecule has 18 heavy (non-hydrogen) atoms. The van der Waals surface area contributed by atoms with Crippen LogP contribution in [-0.4, -0.2) is 52.5 Å². The van der Waals surface area contributed by atoms with E-state index < -0.39 is 0 Å². The Morgan fingerprint density at radius 2 is 1.89 bits per heavy atom. The van der Waals surface area contributed by atoms with Gasteiger partial charge in [-0.1, -0.05) is 6.92 Å². The third kappa shape index (κ3) is 3.63. The van der Waals surface area contributed by atoms with Crippen LogP contribution in [0.1, 0.15) is 19.0 Å². The highest BCUT2D eigenvalue weighted by Crippen LogP contribution is 2.07. The summed E-state index contributed by atoms with van der Waals surface area (Å²) in [5.74, 6) is 5.86. The van der Waals surface area contributed by atoms with Gasteiger partial charge in [0.05, 0.1) is 18.1 Å². The Bertz CT molecular complexity index is 344. The van der Waals surface area contributed by atoms with E-state index in [1.807, 2.05) is 0 Å². The van der Waals surface area contributed by atoms with Gasteiger partial charge in [-0.15, -0.1) is 0 Å². The molecule has 0 saturated carbocycles. The summed E-state index contributed by atoms with van der Waals surface area (Å²) in [4.78, 5) is 13.4. The molecule has 0 spiro atoms. The van der Waals surface area contributed by atoms with E-state index in [2.05, 4.69) is 32.1 Å². The van der Waals surface area contributed by atoms with E-state index in [-0.39, 0.29) is 0 Å². The molecule has 1 aliphatic rings. The van der Waals surface area contributed by atoms with Crippen LogP contribution in [0.3, 0.4) is 0 Å². The standard InChI is InChI=1S/C12H22N6/c1-2-3-17-4-6-18(7-5-17)10-11-8-15-12(16-13)9-14-11/h8-9H,2-7,10,13H2,1H3,(H,15,16). The molecule has 1 aromatic heterocycles. The van der Waals surface area contributed by atoms with Crippen LogP contribution >= 0.6 is 0 Å². The minimum Gasteiger partial charge on any atom is -0.307 e. The van der Waals surface area contributed by atoms with Crippen LogP contribution in [0.4, 0.5) is 5.82 Å². The summed E-state index contributed by atoms with van der Waals surface area (Å²) in [6.45, 7) is 8.85. The first-order chi connectivity index (χ1) is 8.81. The Kier molecular flexibility index (Phi) is 4.86.